The molecule has 0 amide bonds. The molecule has 0 bridgehead atoms. The van der Waals surface area contributed by atoms with Crippen molar-refractivity contribution >= 4 is 21.7 Å². The predicted molar refractivity (Wildman–Crippen MR) is 74.8 cm³/mol. The summed E-state index contributed by atoms with van der Waals surface area (Å²) < 4.78 is 5.86. The smallest absolute Gasteiger partial charge is 0.228 e. The van der Waals surface area contributed by atoms with Gasteiger partial charge in [-0.05, 0) is 52.0 Å². The van der Waals surface area contributed by atoms with Gasteiger partial charge in [-0.3, -0.25) is 4.79 Å². The molecule has 0 unspecified atom stereocenters. The van der Waals surface area contributed by atoms with Crippen LogP contribution in [0.3, 0.4) is 0 Å². The van der Waals surface area contributed by atoms with Gasteiger partial charge in [-0.25, -0.2) is 0 Å². The first-order valence-corrected chi connectivity index (χ1v) is 6.74. The zero-order valence-corrected chi connectivity index (χ0v) is 12.0. The molecule has 2 aromatic rings. The van der Waals surface area contributed by atoms with E-state index in [1.165, 1.54) is 5.56 Å². The fourth-order valence-corrected chi connectivity index (χ4v) is 2.20. The molecular formula is C15H15BrO2. The van der Waals surface area contributed by atoms with Crippen molar-refractivity contribution in [2.75, 3.05) is 0 Å². The lowest BCUT2D eigenvalue weighted by molar-refractivity contribution is 0.101. The zero-order chi connectivity index (χ0) is 13.1. The zero-order valence-electron chi connectivity index (χ0n) is 10.4. The van der Waals surface area contributed by atoms with E-state index in [4.69, 9.17) is 4.42 Å². The van der Waals surface area contributed by atoms with Crippen molar-refractivity contribution in [2.45, 2.75) is 20.3 Å². The van der Waals surface area contributed by atoms with Crippen molar-refractivity contribution in [1.29, 1.82) is 0 Å². The van der Waals surface area contributed by atoms with Gasteiger partial charge in [-0.15, -0.1) is 0 Å². The molecule has 0 spiro atoms. The summed E-state index contributed by atoms with van der Waals surface area (Å²) in [7, 11) is 0. The van der Waals surface area contributed by atoms with Gasteiger partial charge in [0, 0.05) is 5.56 Å². The summed E-state index contributed by atoms with van der Waals surface area (Å²) >= 11 is 3.20. The van der Waals surface area contributed by atoms with Crippen molar-refractivity contribution in [3.05, 3.63) is 58.0 Å². The highest BCUT2D eigenvalue weighted by Crippen LogP contribution is 2.19. The molecule has 94 valence electrons. The number of benzene rings is 1. The normalized spacial score (nSPS) is 10.9. The van der Waals surface area contributed by atoms with E-state index in [-0.39, 0.29) is 5.78 Å². The molecule has 0 radical (unpaired) electrons. The highest BCUT2D eigenvalue weighted by molar-refractivity contribution is 9.10. The summed E-state index contributed by atoms with van der Waals surface area (Å²) in [6.45, 7) is 4.33. The molecular weight excluding hydrogens is 292 g/mol. The molecule has 0 aliphatic heterocycles. The van der Waals surface area contributed by atoms with Gasteiger partial charge in [0.1, 0.15) is 0 Å². The van der Waals surface area contributed by atoms with Crippen molar-refractivity contribution in [3.8, 4) is 0 Å². The Morgan fingerprint density at radius 1 is 1.28 bits per heavy atom. The average Bonchev–Trinajstić information content (AvgIpc) is 2.74. The molecule has 18 heavy (non-hydrogen) atoms. The van der Waals surface area contributed by atoms with E-state index in [0.717, 1.165) is 6.42 Å². The lowest BCUT2D eigenvalue weighted by atomic mass is 9.99. The van der Waals surface area contributed by atoms with Gasteiger partial charge in [0.05, 0.1) is 0 Å². The monoisotopic (exact) mass is 306 g/mol. The van der Waals surface area contributed by atoms with Crippen LogP contribution in [0.2, 0.25) is 0 Å². The SMILES string of the molecule is CC(C)Cc1cccc(C(=O)c2ccc(Br)o2)c1. The van der Waals surface area contributed by atoms with Gasteiger partial charge in [0.25, 0.3) is 0 Å². The molecule has 2 nitrogen and oxygen atoms in total. The Bertz CT molecular complexity index is 555. The van der Waals surface area contributed by atoms with Crippen LogP contribution in [0.5, 0.6) is 0 Å². The van der Waals surface area contributed by atoms with Gasteiger partial charge in [0.15, 0.2) is 10.4 Å². The molecule has 1 heterocycles. The first-order valence-electron chi connectivity index (χ1n) is 5.95. The highest BCUT2D eigenvalue weighted by atomic mass is 79.9. The summed E-state index contributed by atoms with van der Waals surface area (Å²) in [5, 5.41) is 0. The first kappa shape index (κ1) is 13.1. The van der Waals surface area contributed by atoms with Crippen molar-refractivity contribution in [3.63, 3.8) is 0 Å². The standard InChI is InChI=1S/C15H15BrO2/c1-10(2)8-11-4-3-5-12(9-11)15(17)13-6-7-14(16)18-13/h3-7,9-10H,8H2,1-2H3. The van der Waals surface area contributed by atoms with Gasteiger partial charge >= 0.3 is 0 Å². The topological polar surface area (TPSA) is 30.2 Å². The molecule has 3 heteroatoms. The van der Waals surface area contributed by atoms with Crippen LogP contribution in [-0.2, 0) is 6.42 Å². The number of halogens is 1. The second-order valence-electron chi connectivity index (χ2n) is 4.73. The molecule has 1 aromatic carbocycles. The molecule has 1 aromatic heterocycles. The van der Waals surface area contributed by atoms with Crippen LogP contribution in [0.1, 0.15) is 35.5 Å². The molecule has 0 N–H and O–H groups in total. The van der Waals surface area contributed by atoms with E-state index in [1.54, 1.807) is 12.1 Å². The molecule has 2 rings (SSSR count). The van der Waals surface area contributed by atoms with Crippen LogP contribution >= 0.6 is 15.9 Å². The van der Waals surface area contributed by atoms with Gasteiger partial charge in [-0.2, -0.15) is 0 Å². The molecule has 0 aliphatic carbocycles. The van der Waals surface area contributed by atoms with Gasteiger partial charge in [-0.1, -0.05) is 32.0 Å². The van der Waals surface area contributed by atoms with Crippen LogP contribution in [-0.4, -0.2) is 5.78 Å². The summed E-state index contributed by atoms with van der Waals surface area (Å²) in [5.41, 5.74) is 1.86. The minimum absolute atomic E-state index is 0.0775. The van der Waals surface area contributed by atoms with Crippen LogP contribution < -0.4 is 0 Å². The molecule has 0 atom stereocenters. The number of furan rings is 1. The Kier molecular flexibility index (Phi) is 4.02. The van der Waals surface area contributed by atoms with Crippen LogP contribution in [0.15, 0.2) is 45.5 Å². The Balaban J connectivity index is 2.25. The maximum absolute atomic E-state index is 12.2. The van der Waals surface area contributed by atoms with E-state index >= 15 is 0 Å². The molecule has 0 saturated heterocycles. The fourth-order valence-electron chi connectivity index (χ4n) is 1.89. The largest absolute Gasteiger partial charge is 0.446 e. The number of hydrogen-bond donors (Lipinski definition) is 0. The quantitative estimate of drug-likeness (QED) is 0.780. The lowest BCUT2D eigenvalue weighted by Crippen LogP contribution is -2.01. The van der Waals surface area contributed by atoms with E-state index in [9.17, 15) is 4.79 Å². The number of rotatable bonds is 4. The summed E-state index contributed by atoms with van der Waals surface area (Å²) in [5.74, 6) is 0.864. The maximum atomic E-state index is 12.2. The van der Waals surface area contributed by atoms with Crippen LogP contribution in [0.25, 0.3) is 0 Å². The predicted octanol–water partition coefficient (Wildman–Crippen LogP) is 4.47. The third-order valence-electron chi connectivity index (χ3n) is 2.63. The summed E-state index contributed by atoms with van der Waals surface area (Å²) in [6.07, 6.45) is 0.975. The van der Waals surface area contributed by atoms with E-state index in [2.05, 4.69) is 35.8 Å². The minimum Gasteiger partial charge on any atom is -0.446 e. The fraction of sp³-hybridized carbons (Fsp3) is 0.267. The maximum Gasteiger partial charge on any atom is 0.228 e. The second kappa shape index (κ2) is 5.53. The Morgan fingerprint density at radius 2 is 2.06 bits per heavy atom. The number of hydrogen-bond acceptors (Lipinski definition) is 2. The highest BCUT2D eigenvalue weighted by Gasteiger charge is 2.13. The molecule has 0 saturated carbocycles. The second-order valence-corrected chi connectivity index (χ2v) is 5.51. The minimum atomic E-state index is -0.0775. The first-order chi connectivity index (χ1) is 8.56. The van der Waals surface area contributed by atoms with Crippen molar-refractivity contribution in [2.24, 2.45) is 5.92 Å². The molecule has 0 aliphatic rings. The summed E-state index contributed by atoms with van der Waals surface area (Å²) in [6, 6.07) is 11.1. The Hall–Kier alpha value is -1.35. The molecule has 0 fully saturated rings. The Labute approximate surface area is 115 Å². The van der Waals surface area contributed by atoms with E-state index in [1.807, 2.05) is 18.2 Å². The van der Waals surface area contributed by atoms with E-state index in [0.29, 0.717) is 21.9 Å². The number of carbonyl (C=O) groups is 1. The van der Waals surface area contributed by atoms with Crippen molar-refractivity contribution in [1.82, 2.24) is 0 Å². The third-order valence-corrected chi connectivity index (χ3v) is 3.06. The van der Waals surface area contributed by atoms with Gasteiger partial charge in [0.2, 0.25) is 5.78 Å². The summed E-state index contributed by atoms with van der Waals surface area (Å²) in [4.78, 5) is 12.2. The number of carbonyl (C=O) groups excluding carboxylic acids is 1. The van der Waals surface area contributed by atoms with Crippen molar-refractivity contribution < 1.29 is 9.21 Å². The van der Waals surface area contributed by atoms with Crippen LogP contribution in [0.4, 0.5) is 0 Å². The number of ketones is 1. The van der Waals surface area contributed by atoms with Crippen LogP contribution in [0, 0.1) is 5.92 Å². The average molecular weight is 307 g/mol. The lowest BCUT2D eigenvalue weighted by Gasteiger charge is -2.06. The Morgan fingerprint density at radius 3 is 2.67 bits per heavy atom. The van der Waals surface area contributed by atoms with Gasteiger partial charge < -0.3 is 4.42 Å². The van der Waals surface area contributed by atoms with E-state index < -0.39 is 0 Å². The third kappa shape index (κ3) is 3.10.